The molecule has 3 rings (SSSR count). The van der Waals surface area contributed by atoms with Crippen molar-refractivity contribution < 1.29 is 4.74 Å². The molecule has 0 radical (unpaired) electrons. The lowest BCUT2D eigenvalue weighted by molar-refractivity contribution is 0.117. The number of fused-ring (bicyclic) bond motifs is 1. The number of ether oxygens (including phenoxy) is 1. The van der Waals surface area contributed by atoms with Gasteiger partial charge in [0.1, 0.15) is 11.4 Å². The summed E-state index contributed by atoms with van der Waals surface area (Å²) in [5, 5.41) is 3.34. The SMILES string of the molecule is Cl.c1cnc2c(c1)OC1(CCNC1)C2. The number of nitrogens with one attached hydrogen (secondary N) is 1. The molecule has 2 aliphatic heterocycles. The molecule has 1 atom stereocenters. The normalized spacial score (nSPS) is 28.3. The molecular weight excluding hydrogens is 200 g/mol. The van der Waals surface area contributed by atoms with E-state index in [-0.39, 0.29) is 18.0 Å². The minimum atomic E-state index is 0. The van der Waals surface area contributed by atoms with Crippen molar-refractivity contribution in [2.75, 3.05) is 13.1 Å². The monoisotopic (exact) mass is 212 g/mol. The van der Waals surface area contributed by atoms with Crippen molar-refractivity contribution in [3.8, 4) is 5.75 Å². The summed E-state index contributed by atoms with van der Waals surface area (Å²) >= 11 is 0. The number of pyridine rings is 1. The fourth-order valence-corrected chi connectivity index (χ4v) is 2.18. The Kier molecular flexibility index (Phi) is 2.37. The predicted molar refractivity (Wildman–Crippen MR) is 56.0 cm³/mol. The van der Waals surface area contributed by atoms with Crippen molar-refractivity contribution in [2.45, 2.75) is 18.4 Å². The van der Waals surface area contributed by atoms with Crippen LogP contribution in [0.25, 0.3) is 0 Å². The molecule has 3 heterocycles. The molecule has 1 aromatic heterocycles. The predicted octanol–water partition coefficient (Wildman–Crippen LogP) is 1.17. The van der Waals surface area contributed by atoms with Gasteiger partial charge < -0.3 is 10.1 Å². The quantitative estimate of drug-likeness (QED) is 0.701. The van der Waals surface area contributed by atoms with Gasteiger partial charge in [0, 0.05) is 25.6 Å². The van der Waals surface area contributed by atoms with Crippen LogP contribution in [-0.4, -0.2) is 23.7 Å². The van der Waals surface area contributed by atoms with Crippen LogP contribution >= 0.6 is 12.4 Å². The van der Waals surface area contributed by atoms with Gasteiger partial charge in [0.15, 0.2) is 0 Å². The second-order valence-corrected chi connectivity index (χ2v) is 3.84. The molecule has 0 bridgehead atoms. The minimum absolute atomic E-state index is 0. The minimum Gasteiger partial charge on any atom is -0.484 e. The van der Waals surface area contributed by atoms with E-state index in [0.717, 1.165) is 37.4 Å². The summed E-state index contributed by atoms with van der Waals surface area (Å²) in [6.45, 7) is 2.03. The van der Waals surface area contributed by atoms with Crippen molar-refractivity contribution in [2.24, 2.45) is 0 Å². The van der Waals surface area contributed by atoms with Crippen molar-refractivity contribution >= 4 is 12.4 Å². The second-order valence-electron chi connectivity index (χ2n) is 3.84. The van der Waals surface area contributed by atoms with Crippen LogP contribution in [-0.2, 0) is 6.42 Å². The van der Waals surface area contributed by atoms with Crippen LogP contribution in [0.15, 0.2) is 18.3 Å². The van der Waals surface area contributed by atoms with Gasteiger partial charge in [-0.2, -0.15) is 0 Å². The van der Waals surface area contributed by atoms with E-state index in [0.29, 0.717) is 0 Å². The lowest BCUT2D eigenvalue weighted by Gasteiger charge is -2.20. The summed E-state index contributed by atoms with van der Waals surface area (Å²) in [7, 11) is 0. The Labute approximate surface area is 89.3 Å². The fraction of sp³-hybridized carbons (Fsp3) is 0.500. The van der Waals surface area contributed by atoms with E-state index in [1.165, 1.54) is 0 Å². The zero-order chi connectivity index (χ0) is 8.73. The molecule has 1 saturated heterocycles. The molecular formula is C10H13ClN2O. The van der Waals surface area contributed by atoms with Crippen LogP contribution in [0.5, 0.6) is 5.75 Å². The molecule has 3 nitrogen and oxygen atoms in total. The Morgan fingerprint density at radius 1 is 1.50 bits per heavy atom. The number of aromatic nitrogens is 1. The van der Waals surface area contributed by atoms with E-state index in [9.17, 15) is 0 Å². The summed E-state index contributed by atoms with van der Waals surface area (Å²) in [6, 6.07) is 3.94. The van der Waals surface area contributed by atoms with Crippen molar-refractivity contribution in [3.05, 3.63) is 24.0 Å². The molecule has 14 heavy (non-hydrogen) atoms. The maximum absolute atomic E-state index is 5.93. The van der Waals surface area contributed by atoms with Crippen LogP contribution in [0, 0.1) is 0 Å². The van der Waals surface area contributed by atoms with Crippen LogP contribution in [0.4, 0.5) is 0 Å². The van der Waals surface area contributed by atoms with Crippen LogP contribution in [0.1, 0.15) is 12.1 Å². The highest BCUT2D eigenvalue weighted by Gasteiger charge is 2.42. The molecule has 0 aliphatic carbocycles. The van der Waals surface area contributed by atoms with E-state index < -0.39 is 0 Å². The molecule has 1 aromatic rings. The molecule has 0 saturated carbocycles. The first-order valence-electron chi connectivity index (χ1n) is 4.72. The van der Waals surface area contributed by atoms with E-state index in [1.54, 1.807) is 0 Å². The average Bonchev–Trinajstić information content (AvgIpc) is 2.72. The Morgan fingerprint density at radius 2 is 2.43 bits per heavy atom. The van der Waals surface area contributed by atoms with Gasteiger partial charge in [0.05, 0.1) is 5.69 Å². The van der Waals surface area contributed by atoms with Crippen LogP contribution in [0.2, 0.25) is 0 Å². The van der Waals surface area contributed by atoms with E-state index in [2.05, 4.69) is 10.3 Å². The van der Waals surface area contributed by atoms with Crippen LogP contribution in [0.3, 0.4) is 0 Å². The molecule has 2 aliphatic rings. The van der Waals surface area contributed by atoms with Gasteiger partial charge in [0.25, 0.3) is 0 Å². The molecule has 4 heteroatoms. The Balaban J connectivity index is 0.000000750. The summed E-state index contributed by atoms with van der Waals surface area (Å²) in [4.78, 5) is 4.33. The topological polar surface area (TPSA) is 34.1 Å². The van der Waals surface area contributed by atoms with Gasteiger partial charge in [-0.05, 0) is 18.7 Å². The van der Waals surface area contributed by atoms with Gasteiger partial charge >= 0.3 is 0 Å². The molecule has 0 amide bonds. The highest BCUT2D eigenvalue weighted by atomic mass is 35.5. The lowest BCUT2D eigenvalue weighted by atomic mass is 9.99. The first-order valence-corrected chi connectivity index (χ1v) is 4.72. The fourth-order valence-electron chi connectivity index (χ4n) is 2.18. The van der Waals surface area contributed by atoms with E-state index >= 15 is 0 Å². The van der Waals surface area contributed by atoms with Gasteiger partial charge in [-0.15, -0.1) is 12.4 Å². The smallest absolute Gasteiger partial charge is 0.141 e. The van der Waals surface area contributed by atoms with Gasteiger partial charge in [0.2, 0.25) is 0 Å². The zero-order valence-electron chi connectivity index (χ0n) is 7.82. The Hall–Kier alpha value is -0.800. The van der Waals surface area contributed by atoms with Crippen LogP contribution < -0.4 is 10.1 Å². The number of nitrogens with zero attached hydrogens (tertiary/aromatic N) is 1. The van der Waals surface area contributed by atoms with Crippen molar-refractivity contribution in [1.29, 1.82) is 0 Å². The molecule has 1 unspecified atom stereocenters. The number of halogens is 1. The summed E-state index contributed by atoms with van der Waals surface area (Å²) in [5.74, 6) is 0.978. The first kappa shape index (κ1) is 9.74. The van der Waals surface area contributed by atoms with Gasteiger partial charge in [-0.25, -0.2) is 0 Å². The standard InChI is InChI=1S/C10H12N2O.ClH/c1-2-9-8(12-4-1)6-10(13-9)3-5-11-7-10;/h1-2,4,11H,3,5-7H2;1H. The summed E-state index contributed by atoms with van der Waals surface area (Å²) in [6.07, 6.45) is 3.91. The lowest BCUT2D eigenvalue weighted by Crippen LogP contribution is -2.36. The molecule has 1 fully saturated rings. The summed E-state index contributed by atoms with van der Waals surface area (Å²) < 4.78 is 5.93. The maximum atomic E-state index is 5.93. The third kappa shape index (κ3) is 1.37. The van der Waals surface area contributed by atoms with E-state index in [1.807, 2.05) is 18.3 Å². The van der Waals surface area contributed by atoms with Crippen molar-refractivity contribution in [1.82, 2.24) is 10.3 Å². The number of hydrogen-bond donors (Lipinski definition) is 1. The Morgan fingerprint density at radius 3 is 3.14 bits per heavy atom. The third-order valence-corrected chi connectivity index (χ3v) is 2.87. The van der Waals surface area contributed by atoms with Crippen molar-refractivity contribution in [3.63, 3.8) is 0 Å². The molecule has 76 valence electrons. The largest absolute Gasteiger partial charge is 0.484 e. The van der Waals surface area contributed by atoms with Gasteiger partial charge in [-0.3, -0.25) is 4.98 Å². The highest BCUT2D eigenvalue weighted by molar-refractivity contribution is 5.85. The molecule has 0 aromatic carbocycles. The molecule has 1 N–H and O–H groups in total. The van der Waals surface area contributed by atoms with Gasteiger partial charge in [-0.1, -0.05) is 0 Å². The second kappa shape index (κ2) is 3.41. The number of hydrogen-bond acceptors (Lipinski definition) is 3. The highest BCUT2D eigenvalue weighted by Crippen LogP contribution is 2.36. The molecule has 1 spiro atoms. The summed E-state index contributed by atoms with van der Waals surface area (Å²) in [5.41, 5.74) is 1.14. The first-order chi connectivity index (χ1) is 6.38. The Bertz CT molecular complexity index is 310. The number of rotatable bonds is 0. The zero-order valence-corrected chi connectivity index (χ0v) is 8.64. The third-order valence-electron chi connectivity index (χ3n) is 2.87. The average molecular weight is 213 g/mol. The maximum Gasteiger partial charge on any atom is 0.141 e. The van der Waals surface area contributed by atoms with E-state index in [4.69, 9.17) is 4.74 Å².